The Labute approximate surface area is 141 Å². The molecule has 3 N–H and O–H groups in total. The predicted octanol–water partition coefficient (Wildman–Crippen LogP) is 3.37. The van der Waals surface area contributed by atoms with E-state index in [0.717, 1.165) is 47.1 Å². The van der Waals surface area contributed by atoms with E-state index < -0.39 is 0 Å². The molecule has 0 bridgehead atoms. The fourth-order valence-corrected chi connectivity index (χ4v) is 3.43. The minimum atomic E-state index is 0.285. The molecule has 5 heteroatoms. The maximum Gasteiger partial charge on any atom is 0.134 e. The van der Waals surface area contributed by atoms with Gasteiger partial charge in [-0.05, 0) is 49.9 Å². The normalized spacial score (nSPS) is 20.9. The number of rotatable bonds is 3. The second-order valence-corrected chi connectivity index (χ2v) is 6.46. The van der Waals surface area contributed by atoms with Gasteiger partial charge in [0.05, 0.1) is 5.69 Å². The molecule has 0 amide bonds. The zero-order valence-electron chi connectivity index (χ0n) is 13.5. The predicted molar refractivity (Wildman–Crippen MR) is 96.6 cm³/mol. The van der Waals surface area contributed by atoms with Crippen molar-refractivity contribution in [3.05, 3.63) is 49.1 Å². The standard InChI is InChI=1S/C19H21N5/c20-15-2-1-3-16(11-15)23-19-17-6-9-22-12-14(17)10-18(24-19)13-4-7-21-8-5-13/h4-10,12,15-16H,1-3,11,20H2,(H,23,24)/t15-,16+/m1/s1. The number of fused-ring (bicyclic) bond motifs is 1. The molecule has 0 aliphatic heterocycles. The molecule has 1 aliphatic carbocycles. The second kappa shape index (κ2) is 6.53. The Morgan fingerprint density at radius 1 is 1.04 bits per heavy atom. The molecular weight excluding hydrogens is 298 g/mol. The number of aromatic nitrogens is 3. The van der Waals surface area contributed by atoms with Crippen molar-refractivity contribution in [3.63, 3.8) is 0 Å². The second-order valence-electron chi connectivity index (χ2n) is 6.46. The molecule has 0 unspecified atom stereocenters. The summed E-state index contributed by atoms with van der Waals surface area (Å²) in [5, 5.41) is 5.81. The van der Waals surface area contributed by atoms with Crippen molar-refractivity contribution >= 4 is 16.6 Å². The van der Waals surface area contributed by atoms with E-state index >= 15 is 0 Å². The van der Waals surface area contributed by atoms with Gasteiger partial charge in [0, 0.05) is 53.2 Å². The van der Waals surface area contributed by atoms with Crippen LogP contribution in [0, 0.1) is 0 Å². The molecule has 3 heterocycles. The van der Waals surface area contributed by atoms with Gasteiger partial charge < -0.3 is 11.1 Å². The number of nitrogens with two attached hydrogens (primary N) is 1. The summed E-state index contributed by atoms with van der Waals surface area (Å²) in [5.74, 6) is 0.917. The van der Waals surface area contributed by atoms with Gasteiger partial charge in [0.1, 0.15) is 5.82 Å². The van der Waals surface area contributed by atoms with Crippen LogP contribution < -0.4 is 11.1 Å². The summed E-state index contributed by atoms with van der Waals surface area (Å²) in [6.07, 6.45) is 11.7. The summed E-state index contributed by atoms with van der Waals surface area (Å²) in [5.41, 5.74) is 8.12. The highest BCUT2D eigenvalue weighted by atomic mass is 15.0. The van der Waals surface area contributed by atoms with Gasteiger partial charge in [0.2, 0.25) is 0 Å². The van der Waals surface area contributed by atoms with Crippen LogP contribution in [0.3, 0.4) is 0 Å². The topological polar surface area (TPSA) is 76.7 Å². The molecule has 0 saturated heterocycles. The maximum absolute atomic E-state index is 6.14. The minimum absolute atomic E-state index is 0.285. The highest BCUT2D eigenvalue weighted by molar-refractivity contribution is 5.94. The lowest BCUT2D eigenvalue weighted by Crippen LogP contribution is -2.35. The molecule has 3 aromatic heterocycles. The maximum atomic E-state index is 6.14. The van der Waals surface area contributed by atoms with E-state index in [1.807, 2.05) is 30.6 Å². The summed E-state index contributed by atoms with van der Waals surface area (Å²) in [6.45, 7) is 0. The van der Waals surface area contributed by atoms with E-state index in [1.54, 1.807) is 12.4 Å². The van der Waals surface area contributed by atoms with Crippen LogP contribution >= 0.6 is 0 Å². The lowest BCUT2D eigenvalue weighted by Gasteiger charge is -2.28. The first kappa shape index (κ1) is 15.0. The Balaban J connectivity index is 1.75. The summed E-state index contributed by atoms with van der Waals surface area (Å²) in [7, 11) is 0. The average Bonchev–Trinajstić information content (AvgIpc) is 2.62. The molecule has 3 aromatic rings. The van der Waals surface area contributed by atoms with Crippen LogP contribution in [-0.4, -0.2) is 27.0 Å². The Hall–Kier alpha value is -2.53. The van der Waals surface area contributed by atoms with E-state index in [-0.39, 0.29) is 6.04 Å². The highest BCUT2D eigenvalue weighted by Gasteiger charge is 2.20. The van der Waals surface area contributed by atoms with Gasteiger partial charge in [-0.1, -0.05) is 0 Å². The largest absolute Gasteiger partial charge is 0.367 e. The number of hydrogen-bond donors (Lipinski definition) is 2. The number of hydrogen-bond acceptors (Lipinski definition) is 5. The summed E-state index contributed by atoms with van der Waals surface area (Å²) in [6, 6.07) is 8.72. The molecule has 1 aliphatic rings. The Morgan fingerprint density at radius 2 is 1.88 bits per heavy atom. The van der Waals surface area contributed by atoms with Gasteiger partial charge in [-0.3, -0.25) is 9.97 Å². The summed E-state index contributed by atoms with van der Waals surface area (Å²) >= 11 is 0. The molecule has 1 fully saturated rings. The highest BCUT2D eigenvalue weighted by Crippen LogP contribution is 2.29. The SMILES string of the molecule is N[C@@H]1CCC[C@H](Nc2nc(-c3ccncc3)cc3cnccc23)C1. The molecule has 24 heavy (non-hydrogen) atoms. The lowest BCUT2D eigenvalue weighted by molar-refractivity contribution is 0.409. The monoisotopic (exact) mass is 319 g/mol. The van der Waals surface area contributed by atoms with Crippen LogP contribution in [0.2, 0.25) is 0 Å². The van der Waals surface area contributed by atoms with E-state index in [9.17, 15) is 0 Å². The van der Waals surface area contributed by atoms with Crippen molar-refractivity contribution in [2.75, 3.05) is 5.32 Å². The third kappa shape index (κ3) is 3.08. The van der Waals surface area contributed by atoms with Gasteiger partial charge >= 0.3 is 0 Å². The van der Waals surface area contributed by atoms with Gasteiger partial charge in [0.15, 0.2) is 0 Å². The van der Waals surface area contributed by atoms with Crippen molar-refractivity contribution in [2.24, 2.45) is 5.73 Å². The summed E-state index contributed by atoms with van der Waals surface area (Å²) < 4.78 is 0. The molecule has 2 atom stereocenters. The quantitative estimate of drug-likeness (QED) is 0.774. The Bertz CT molecular complexity index is 834. The minimum Gasteiger partial charge on any atom is -0.367 e. The third-order valence-corrected chi connectivity index (χ3v) is 4.66. The fraction of sp³-hybridized carbons (Fsp3) is 0.316. The third-order valence-electron chi connectivity index (χ3n) is 4.66. The van der Waals surface area contributed by atoms with Crippen LogP contribution in [-0.2, 0) is 0 Å². The molecule has 4 rings (SSSR count). The molecule has 0 spiro atoms. The first-order valence-corrected chi connectivity index (χ1v) is 8.47. The molecule has 122 valence electrons. The van der Waals surface area contributed by atoms with E-state index in [1.165, 1.54) is 6.42 Å². The number of pyridine rings is 3. The van der Waals surface area contributed by atoms with Crippen molar-refractivity contribution in [3.8, 4) is 11.3 Å². The van der Waals surface area contributed by atoms with Crippen LogP contribution in [0.15, 0.2) is 49.1 Å². The van der Waals surface area contributed by atoms with Crippen LogP contribution in [0.4, 0.5) is 5.82 Å². The van der Waals surface area contributed by atoms with Gasteiger partial charge in [-0.2, -0.15) is 0 Å². The number of anilines is 1. The number of nitrogens with one attached hydrogen (secondary N) is 1. The molecule has 0 aromatic carbocycles. The first-order valence-electron chi connectivity index (χ1n) is 8.47. The average molecular weight is 319 g/mol. The molecule has 5 nitrogen and oxygen atoms in total. The van der Waals surface area contributed by atoms with Gasteiger partial charge in [-0.25, -0.2) is 4.98 Å². The zero-order valence-corrected chi connectivity index (χ0v) is 13.5. The van der Waals surface area contributed by atoms with Gasteiger partial charge in [-0.15, -0.1) is 0 Å². The van der Waals surface area contributed by atoms with Gasteiger partial charge in [0.25, 0.3) is 0 Å². The van der Waals surface area contributed by atoms with Crippen LogP contribution in [0.5, 0.6) is 0 Å². The summed E-state index contributed by atoms with van der Waals surface area (Å²) in [4.78, 5) is 13.2. The van der Waals surface area contributed by atoms with Crippen LogP contribution in [0.1, 0.15) is 25.7 Å². The zero-order chi connectivity index (χ0) is 16.4. The lowest BCUT2D eigenvalue weighted by atomic mass is 9.91. The van der Waals surface area contributed by atoms with Crippen molar-refractivity contribution < 1.29 is 0 Å². The Morgan fingerprint density at radius 3 is 2.71 bits per heavy atom. The van der Waals surface area contributed by atoms with Crippen molar-refractivity contribution in [2.45, 2.75) is 37.8 Å². The molecule has 1 saturated carbocycles. The molecule has 0 radical (unpaired) electrons. The first-order chi connectivity index (χ1) is 11.8. The van der Waals surface area contributed by atoms with E-state index in [0.29, 0.717) is 6.04 Å². The van der Waals surface area contributed by atoms with Crippen molar-refractivity contribution in [1.82, 2.24) is 15.0 Å². The molecular formula is C19H21N5. The van der Waals surface area contributed by atoms with E-state index in [2.05, 4.69) is 21.4 Å². The smallest absolute Gasteiger partial charge is 0.134 e. The fourth-order valence-electron chi connectivity index (χ4n) is 3.43. The van der Waals surface area contributed by atoms with E-state index in [4.69, 9.17) is 10.7 Å². The Kier molecular flexibility index (Phi) is 4.09. The van der Waals surface area contributed by atoms with Crippen molar-refractivity contribution in [1.29, 1.82) is 0 Å². The van der Waals surface area contributed by atoms with Crippen LogP contribution in [0.25, 0.3) is 22.0 Å². The number of nitrogens with zero attached hydrogens (tertiary/aromatic N) is 3.